The zero-order valence-electron chi connectivity index (χ0n) is 29.7. The molecule has 0 aliphatic carbocycles. The van der Waals surface area contributed by atoms with Gasteiger partial charge in [0.05, 0.1) is 64.6 Å². The van der Waals surface area contributed by atoms with Crippen LogP contribution in [-0.4, -0.2) is 116 Å². The Hall–Kier alpha value is -4.63. The highest BCUT2D eigenvalue weighted by Crippen LogP contribution is 2.34. The molecule has 0 spiro atoms. The fraction of sp³-hybridized carbons (Fsp3) is 0.472. The van der Waals surface area contributed by atoms with Crippen LogP contribution in [-0.2, 0) is 36.7 Å². The van der Waals surface area contributed by atoms with Crippen LogP contribution < -0.4 is 10.6 Å². The molecular formula is C36H48N8O6. The fourth-order valence-corrected chi connectivity index (χ4v) is 5.57. The van der Waals surface area contributed by atoms with Crippen LogP contribution in [0.2, 0.25) is 0 Å². The molecule has 1 amide bonds. The summed E-state index contributed by atoms with van der Waals surface area (Å²) in [5.41, 5.74) is 12.8. The van der Waals surface area contributed by atoms with Crippen LogP contribution in [0.1, 0.15) is 30.0 Å². The van der Waals surface area contributed by atoms with Crippen LogP contribution in [0.3, 0.4) is 0 Å². The van der Waals surface area contributed by atoms with Gasteiger partial charge in [0, 0.05) is 39.9 Å². The summed E-state index contributed by atoms with van der Waals surface area (Å²) in [6, 6.07) is 12.2. The first-order valence-corrected chi connectivity index (χ1v) is 16.9. The maximum absolute atomic E-state index is 12.8. The highest BCUT2D eigenvalue weighted by atomic mass is 16.6. The Morgan fingerprint density at radius 3 is 2.36 bits per heavy atom. The molecule has 0 radical (unpaired) electrons. The lowest BCUT2D eigenvalue weighted by Gasteiger charge is -2.18. The minimum Gasteiger partial charge on any atom is -0.424 e. The zero-order valence-corrected chi connectivity index (χ0v) is 29.7. The minimum absolute atomic E-state index is 0.0424. The third-order valence-corrected chi connectivity index (χ3v) is 8.28. The number of amides is 1. The molecule has 0 saturated heterocycles. The molecule has 0 atom stereocenters. The molecule has 2 N–H and O–H groups in total. The van der Waals surface area contributed by atoms with Crippen LogP contribution in [0, 0.1) is 6.92 Å². The number of aromatic nitrogens is 5. The molecule has 0 aliphatic rings. The van der Waals surface area contributed by atoms with Crippen molar-refractivity contribution in [3.63, 3.8) is 0 Å². The summed E-state index contributed by atoms with van der Waals surface area (Å²) in [7, 11) is 5.74. The molecule has 5 aromatic rings. The van der Waals surface area contributed by atoms with Crippen molar-refractivity contribution in [2.75, 3.05) is 91.2 Å². The molecule has 2 aromatic carbocycles. The van der Waals surface area contributed by atoms with Gasteiger partial charge in [-0.15, -0.1) is 0 Å². The lowest BCUT2D eigenvalue weighted by atomic mass is 10.0. The number of fused-ring (bicyclic) bond motifs is 2. The fourth-order valence-electron chi connectivity index (χ4n) is 5.57. The average Bonchev–Trinajstić information content (AvgIpc) is 3.67. The van der Waals surface area contributed by atoms with Crippen LogP contribution in [0.5, 0.6) is 0 Å². The predicted molar refractivity (Wildman–Crippen MR) is 192 cm³/mol. The SMILES string of the molecule is CCOCCOCCOCCOCCC(=O)N(C)CCc1cc(Cn2nc(-c3ccc4oc(N)nc4c3)c3c(N(C)C)ncnc32)ccc1C. The van der Waals surface area contributed by atoms with E-state index in [0.717, 1.165) is 40.1 Å². The van der Waals surface area contributed by atoms with Gasteiger partial charge in [0.15, 0.2) is 11.2 Å². The third kappa shape index (κ3) is 9.53. The van der Waals surface area contributed by atoms with Gasteiger partial charge in [-0.25, -0.2) is 14.6 Å². The van der Waals surface area contributed by atoms with Crippen LogP contribution in [0.25, 0.3) is 33.4 Å². The van der Waals surface area contributed by atoms with Gasteiger partial charge in [-0.2, -0.15) is 10.1 Å². The Morgan fingerprint density at radius 1 is 0.920 bits per heavy atom. The van der Waals surface area contributed by atoms with Crippen molar-refractivity contribution in [2.45, 2.75) is 33.2 Å². The number of anilines is 2. The number of carbonyl (C=O) groups excluding carboxylic acids is 1. The second-order valence-electron chi connectivity index (χ2n) is 12.1. The van der Waals surface area contributed by atoms with Crippen LogP contribution in [0.4, 0.5) is 11.8 Å². The summed E-state index contributed by atoms with van der Waals surface area (Å²) in [5, 5.41) is 5.89. The average molecular weight is 689 g/mol. The molecule has 5 rings (SSSR count). The number of likely N-dealkylation sites (N-methyl/N-ethyl adjacent to an activating group) is 1. The summed E-state index contributed by atoms with van der Waals surface area (Å²) < 4.78 is 29.1. The zero-order chi connectivity index (χ0) is 35.5. The molecular weight excluding hydrogens is 640 g/mol. The summed E-state index contributed by atoms with van der Waals surface area (Å²) >= 11 is 0. The number of aryl methyl sites for hydroxylation is 1. The Bertz CT molecular complexity index is 1860. The number of benzene rings is 2. The van der Waals surface area contributed by atoms with E-state index in [0.29, 0.717) is 83.5 Å². The van der Waals surface area contributed by atoms with E-state index < -0.39 is 0 Å². The first-order valence-electron chi connectivity index (χ1n) is 16.9. The van der Waals surface area contributed by atoms with Crippen molar-refractivity contribution in [1.82, 2.24) is 29.6 Å². The maximum atomic E-state index is 12.8. The highest BCUT2D eigenvalue weighted by molar-refractivity contribution is 6.00. The van der Waals surface area contributed by atoms with Crippen molar-refractivity contribution in [1.29, 1.82) is 0 Å². The lowest BCUT2D eigenvalue weighted by Crippen LogP contribution is -2.29. The van der Waals surface area contributed by atoms with E-state index >= 15 is 0 Å². The quantitative estimate of drug-likeness (QED) is 0.117. The number of nitrogens with zero attached hydrogens (tertiary/aromatic N) is 7. The molecule has 0 unspecified atom stereocenters. The van der Waals surface area contributed by atoms with E-state index in [1.54, 1.807) is 11.2 Å². The molecule has 50 heavy (non-hydrogen) atoms. The van der Waals surface area contributed by atoms with Gasteiger partial charge in [-0.3, -0.25) is 4.79 Å². The topological polar surface area (TPSA) is 156 Å². The van der Waals surface area contributed by atoms with Gasteiger partial charge in [-0.1, -0.05) is 18.2 Å². The largest absolute Gasteiger partial charge is 0.424 e. The maximum Gasteiger partial charge on any atom is 0.292 e. The second kappa shape index (κ2) is 17.9. The Kier molecular flexibility index (Phi) is 13.1. The smallest absolute Gasteiger partial charge is 0.292 e. The number of carbonyl (C=O) groups is 1. The molecule has 0 bridgehead atoms. The predicted octanol–water partition coefficient (Wildman–Crippen LogP) is 4.12. The van der Waals surface area contributed by atoms with E-state index in [1.807, 2.05) is 55.8 Å². The number of oxazole rings is 1. The lowest BCUT2D eigenvalue weighted by molar-refractivity contribution is -0.131. The molecule has 0 fully saturated rings. The first kappa shape index (κ1) is 36.6. The number of hydrogen-bond acceptors (Lipinski definition) is 12. The van der Waals surface area contributed by atoms with Crippen LogP contribution in [0.15, 0.2) is 47.1 Å². The monoisotopic (exact) mass is 688 g/mol. The highest BCUT2D eigenvalue weighted by Gasteiger charge is 2.21. The molecule has 0 aliphatic heterocycles. The van der Waals surface area contributed by atoms with Gasteiger partial charge in [0.2, 0.25) is 5.91 Å². The third-order valence-electron chi connectivity index (χ3n) is 8.28. The van der Waals surface area contributed by atoms with Crippen molar-refractivity contribution >= 4 is 39.9 Å². The standard InChI is InChI=1S/C36H48N8O6/c1-6-46-15-16-48-19-20-49-18-17-47-14-12-31(45)43(5)13-11-27-21-26(8-7-25(27)2)23-44-35-32(34(42(3)4)38-24-39-35)33(41-44)28-9-10-30-29(22-28)40-36(37)50-30/h7-10,21-22,24H,6,11-20,23H2,1-5H3,(H2,37,40). The van der Waals surface area contributed by atoms with E-state index in [2.05, 4.69) is 40.1 Å². The minimum atomic E-state index is 0.0424. The van der Waals surface area contributed by atoms with Gasteiger partial charge < -0.3 is 38.9 Å². The number of ether oxygens (including phenoxy) is 4. The van der Waals surface area contributed by atoms with E-state index in [9.17, 15) is 4.79 Å². The van der Waals surface area contributed by atoms with E-state index in [4.69, 9.17) is 34.2 Å². The molecule has 0 saturated carbocycles. The summed E-state index contributed by atoms with van der Waals surface area (Å²) in [6.45, 7) is 9.26. The second-order valence-corrected chi connectivity index (χ2v) is 12.1. The summed E-state index contributed by atoms with van der Waals surface area (Å²) in [6.07, 6.45) is 2.61. The first-order chi connectivity index (χ1) is 24.2. The van der Waals surface area contributed by atoms with Gasteiger partial charge >= 0.3 is 0 Å². The van der Waals surface area contributed by atoms with Crippen molar-refractivity contribution in [3.8, 4) is 11.3 Å². The molecule has 3 heterocycles. The number of nitrogen functional groups attached to an aromatic ring is 1. The number of rotatable bonds is 20. The van der Waals surface area contributed by atoms with Crippen molar-refractivity contribution in [2.24, 2.45) is 0 Å². The molecule has 268 valence electrons. The van der Waals surface area contributed by atoms with Gasteiger partial charge in [0.1, 0.15) is 23.4 Å². The summed E-state index contributed by atoms with van der Waals surface area (Å²) in [5.74, 6) is 0.808. The van der Waals surface area contributed by atoms with Crippen LogP contribution >= 0.6 is 0 Å². The number of nitrogens with two attached hydrogens (primary N) is 1. The molecule has 3 aromatic heterocycles. The molecule has 14 nitrogen and oxygen atoms in total. The Morgan fingerprint density at radius 2 is 1.64 bits per heavy atom. The van der Waals surface area contributed by atoms with E-state index in [1.165, 1.54) is 11.1 Å². The number of hydrogen-bond donors (Lipinski definition) is 1. The van der Waals surface area contributed by atoms with E-state index in [-0.39, 0.29) is 11.9 Å². The summed E-state index contributed by atoms with van der Waals surface area (Å²) in [4.78, 5) is 30.0. The van der Waals surface area contributed by atoms with Crippen molar-refractivity contribution in [3.05, 3.63) is 59.4 Å². The Labute approximate surface area is 292 Å². The normalized spacial score (nSPS) is 11.5. The van der Waals surface area contributed by atoms with Crippen molar-refractivity contribution < 1.29 is 28.2 Å². The van der Waals surface area contributed by atoms with Gasteiger partial charge in [0.25, 0.3) is 6.01 Å². The van der Waals surface area contributed by atoms with Gasteiger partial charge in [-0.05, 0) is 55.2 Å². The molecule has 14 heteroatoms. The Balaban J connectivity index is 1.17.